The van der Waals surface area contributed by atoms with Gasteiger partial charge in [0.25, 0.3) is 0 Å². The summed E-state index contributed by atoms with van der Waals surface area (Å²) in [6.07, 6.45) is 0.0417. The molecule has 0 amide bonds. The van der Waals surface area contributed by atoms with Crippen molar-refractivity contribution >= 4 is 0 Å². The van der Waals surface area contributed by atoms with E-state index in [-0.39, 0.29) is 0 Å². The van der Waals surface area contributed by atoms with E-state index in [0.717, 1.165) is 5.56 Å². The number of rotatable bonds is 3. The summed E-state index contributed by atoms with van der Waals surface area (Å²) in [6, 6.07) is 11.5. The van der Waals surface area contributed by atoms with E-state index in [1.165, 1.54) is 0 Å². The fraction of sp³-hybridized carbons (Fsp3) is 0.364. The van der Waals surface area contributed by atoms with Gasteiger partial charge >= 0.3 is 0 Å². The zero-order chi connectivity index (χ0) is 9.68. The van der Waals surface area contributed by atoms with Gasteiger partial charge < -0.3 is 5.11 Å². The second kappa shape index (κ2) is 4.64. The molecule has 1 aromatic carbocycles. The number of aliphatic hydroxyl groups is 1. The summed E-state index contributed by atoms with van der Waals surface area (Å²) in [5, 5.41) is 18.4. The maximum atomic E-state index is 9.55. The van der Waals surface area contributed by atoms with Crippen molar-refractivity contribution in [1.82, 2.24) is 0 Å². The molecule has 2 atom stereocenters. The van der Waals surface area contributed by atoms with Gasteiger partial charge in [-0.15, -0.1) is 0 Å². The van der Waals surface area contributed by atoms with Crippen LogP contribution in [0.5, 0.6) is 0 Å². The minimum atomic E-state index is -0.563. The molecule has 2 nitrogen and oxygen atoms in total. The van der Waals surface area contributed by atoms with Crippen LogP contribution in [0.15, 0.2) is 30.3 Å². The number of hydrogen-bond donors (Lipinski definition) is 1. The van der Waals surface area contributed by atoms with Crippen molar-refractivity contribution in [3.8, 4) is 6.07 Å². The highest BCUT2D eigenvalue weighted by Gasteiger charge is 2.18. The van der Waals surface area contributed by atoms with Crippen molar-refractivity contribution in [2.75, 3.05) is 0 Å². The van der Waals surface area contributed by atoms with Crippen molar-refractivity contribution in [1.29, 1.82) is 5.26 Å². The van der Waals surface area contributed by atoms with E-state index < -0.39 is 12.0 Å². The van der Waals surface area contributed by atoms with Crippen LogP contribution in [-0.2, 0) is 0 Å². The number of hydrogen-bond acceptors (Lipinski definition) is 2. The Bertz CT molecular complexity index is 289. The van der Waals surface area contributed by atoms with Crippen molar-refractivity contribution in [2.45, 2.75) is 25.4 Å². The molecule has 68 valence electrons. The van der Waals surface area contributed by atoms with Crippen LogP contribution in [0, 0.1) is 11.3 Å². The van der Waals surface area contributed by atoms with Gasteiger partial charge in [0, 0.05) is 0 Å². The standard InChI is InChI=1S/C11H13NO/c1-2-11(13)10(8-12)9-6-4-3-5-7-9/h3-7,10-11,13H,2H2,1H3/t10-,11+/m0/s1. The molecule has 0 radical (unpaired) electrons. The summed E-state index contributed by atoms with van der Waals surface area (Å²) >= 11 is 0. The van der Waals surface area contributed by atoms with Gasteiger partial charge in [0.05, 0.1) is 18.1 Å². The summed E-state index contributed by atoms with van der Waals surface area (Å²) in [5.74, 6) is -0.397. The second-order valence-electron chi connectivity index (χ2n) is 2.99. The van der Waals surface area contributed by atoms with E-state index in [2.05, 4.69) is 6.07 Å². The number of nitrogens with zero attached hydrogens (tertiary/aromatic N) is 1. The Morgan fingerprint density at radius 2 is 2.00 bits per heavy atom. The molecule has 1 rings (SSSR count). The number of benzene rings is 1. The Morgan fingerprint density at radius 1 is 1.38 bits per heavy atom. The molecule has 0 spiro atoms. The molecule has 1 N–H and O–H groups in total. The minimum Gasteiger partial charge on any atom is -0.391 e. The van der Waals surface area contributed by atoms with Crippen LogP contribution in [0.25, 0.3) is 0 Å². The minimum absolute atomic E-state index is 0.397. The molecule has 0 bridgehead atoms. The van der Waals surface area contributed by atoms with Crippen LogP contribution in [-0.4, -0.2) is 11.2 Å². The smallest absolute Gasteiger partial charge is 0.0971 e. The molecule has 0 unspecified atom stereocenters. The predicted molar refractivity (Wildman–Crippen MR) is 51.1 cm³/mol. The molecule has 2 heteroatoms. The highest BCUT2D eigenvalue weighted by Crippen LogP contribution is 2.20. The summed E-state index contributed by atoms with van der Waals surface area (Å²) in [4.78, 5) is 0. The summed E-state index contributed by atoms with van der Waals surface area (Å²) in [7, 11) is 0. The lowest BCUT2D eigenvalue weighted by atomic mass is 9.93. The topological polar surface area (TPSA) is 44.0 Å². The summed E-state index contributed by atoms with van der Waals surface area (Å²) in [5.41, 5.74) is 0.888. The Morgan fingerprint density at radius 3 is 2.46 bits per heavy atom. The Labute approximate surface area is 78.4 Å². The molecule has 0 aromatic heterocycles. The highest BCUT2D eigenvalue weighted by atomic mass is 16.3. The van der Waals surface area contributed by atoms with Crippen LogP contribution in [0.3, 0.4) is 0 Å². The Hall–Kier alpha value is -1.33. The third-order valence-corrected chi connectivity index (χ3v) is 2.10. The van der Waals surface area contributed by atoms with E-state index in [0.29, 0.717) is 6.42 Å². The average molecular weight is 175 g/mol. The first kappa shape index (κ1) is 9.76. The second-order valence-corrected chi connectivity index (χ2v) is 2.99. The van der Waals surface area contributed by atoms with Gasteiger partial charge in [0.1, 0.15) is 0 Å². The summed E-state index contributed by atoms with van der Waals surface area (Å²) in [6.45, 7) is 1.87. The van der Waals surface area contributed by atoms with Crippen LogP contribution >= 0.6 is 0 Å². The normalized spacial score (nSPS) is 14.5. The SMILES string of the molecule is CC[C@@H](O)[C@@H](C#N)c1ccccc1. The van der Waals surface area contributed by atoms with Gasteiger partial charge in [-0.25, -0.2) is 0 Å². The first-order valence-corrected chi connectivity index (χ1v) is 4.42. The van der Waals surface area contributed by atoms with Crippen LogP contribution < -0.4 is 0 Å². The van der Waals surface area contributed by atoms with Gasteiger partial charge in [-0.3, -0.25) is 0 Å². The number of aliphatic hydroxyl groups excluding tert-OH is 1. The van der Waals surface area contributed by atoms with Crippen molar-refractivity contribution in [3.63, 3.8) is 0 Å². The van der Waals surface area contributed by atoms with E-state index in [1.807, 2.05) is 37.3 Å². The van der Waals surface area contributed by atoms with Gasteiger partial charge in [-0.1, -0.05) is 37.3 Å². The van der Waals surface area contributed by atoms with Crippen LogP contribution in [0.4, 0.5) is 0 Å². The van der Waals surface area contributed by atoms with Gasteiger partial charge in [0.15, 0.2) is 0 Å². The molecule has 0 saturated carbocycles. The van der Waals surface area contributed by atoms with Crippen molar-refractivity contribution in [3.05, 3.63) is 35.9 Å². The zero-order valence-corrected chi connectivity index (χ0v) is 7.64. The Balaban J connectivity index is 2.86. The fourth-order valence-electron chi connectivity index (χ4n) is 1.28. The molecular formula is C11H13NO. The zero-order valence-electron chi connectivity index (χ0n) is 7.64. The maximum absolute atomic E-state index is 9.55. The fourth-order valence-corrected chi connectivity index (χ4v) is 1.28. The first-order valence-electron chi connectivity index (χ1n) is 4.42. The largest absolute Gasteiger partial charge is 0.391 e. The molecule has 0 aliphatic carbocycles. The third kappa shape index (κ3) is 2.30. The van der Waals surface area contributed by atoms with Gasteiger partial charge in [-0.05, 0) is 12.0 Å². The van der Waals surface area contributed by atoms with Crippen molar-refractivity contribution < 1.29 is 5.11 Å². The molecule has 0 aliphatic rings. The van der Waals surface area contributed by atoms with E-state index >= 15 is 0 Å². The Kier molecular flexibility index (Phi) is 3.48. The highest BCUT2D eigenvalue weighted by molar-refractivity contribution is 5.25. The third-order valence-electron chi connectivity index (χ3n) is 2.10. The molecule has 0 heterocycles. The van der Waals surface area contributed by atoms with Gasteiger partial charge in [0.2, 0.25) is 0 Å². The molecule has 0 fully saturated rings. The lowest BCUT2D eigenvalue weighted by molar-refractivity contribution is 0.157. The lowest BCUT2D eigenvalue weighted by Gasteiger charge is -2.14. The van der Waals surface area contributed by atoms with Gasteiger partial charge in [-0.2, -0.15) is 5.26 Å². The van der Waals surface area contributed by atoms with E-state index in [9.17, 15) is 5.11 Å². The maximum Gasteiger partial charge on any atom is 0.0971 e. The van der Waals surface area contributed by atoms with Crippen LogP contribution in [0.1, 0.15) is 24.8 Å². The molecule has 0 saturated heterocycles. The van der Waals surface area contributed by atoms with Crippen molar-refractivity contribution in [2.24, 2.45) is 0 Å². The monoisotopic (exact) mass is 175 g/mol. The first-order chi connectivity index (χ1) is 6.29. The number of nitriles is 1. The van der Waals surface area contributed by atoms with E-state index in [4.69, 9.17) is 5.26 Å². The van der Waals surface area contributed by atoms with Crippen LogP contribution in [0.2, 0.25) is 0 Å². The lowest BCUT2D eigenvalue weighted by Crippen LogP contribution is -2.15. The molecule has 0 aliphatic heterocycles. The molecule has 1 aromatic rings. The quantitative estimate of drug-likeness (QED) is 0.764. The summed E-state index contributed by atoms with van der Waals surface area (Å²) < 4.78 is 0. The van der Waals surface area contributed by atoms with E-state index in [1.54, 1.807) is 0 Å². The predicted octanol–water partition coefficient (Wildman–Crippen LogP) is 2.06. The molecular weight excluding hydrogens is 162 g/mol. The molecule has 13 heavy (non-hydrogen) atoms. The average Bonchev–Trinajstić information content (AvgIpc) is 2.20.